The minimum atomic E-state index is -0.274. The molecule has 0 nitrogen and oxygen atoms in total. The molecule has 0 amide bonds. The Hall–Kier alpha value is 1.48. The zero-order valence-electron chi connectivity index (χ0n) is 2.93. The molecular weight excluding hydrogens is 327 g/mol. The van der Waals surface area contributed by atoms with Gasteiger partial charge in [0, 0.05) is 0 Å². The molecule has 0 saturated carbocycles. The van der Waals surface area contributed by atoms with Crippen molar-refractivity contribution < 1.29 is 0 Å². The fourth-order valence-electron chi connectivity index (χ4n) is 0.0618. The van der Waals surface area contributed by atoms with Gasteiger partial charge in [-0.2, -0.15) is 0 Å². The van der Waals surface area contributed by atoms with Crippen LogP contribution in [0, 0.1) is 0 Å². The number of allylic oxidation sites excluding steroid dienone is 1. The molecule has 0 saturated heterocycles. The van der Waals surface area contributed by atoms with E-state index in [4.69, 9.17) is 8.96 Å². The van der Waals surface area contributed by atoms with Gasteiger partial charge in [0.1, 0.15) is 0 Å². The zero-order chi connectivity index (χ0) is 4.83. The third-order valence-electron chi connectivity index (χ3n) is 0.209. The summed E-state index contributed by atoms with van der Waals surface area (Å²) in [4.78, 5) is 0. The Morgan fingerprint density at radius 1 is 1.67 bits per heavy atom. The summed E-state index contributed by atoms with van der Waals surface area (Å²) in [6.45, 7) is 0. The summed E-state index contributed by atoms with van der Waals surface area (Å²) in [6.07, 6.45) is 1.99. The third kappa shape index (κ3) is 5.48. The van der Waals surface area contributed by atoms with Crippen LogP contribution in [0.5, 0.6) is 0 Å². The van der Waals surface area contributed by atoms with E-state index in [1.165, 1.54) is 0 Å². The Kier molecular flexibility index (Phi) is 8.08. The molecule has 34 valence electrons. The van der Waals surface area contributed by atoms with Crippen molar-refractivity contribution in [3.8, 4) is 0 Å². The Balaban J connectivity index is 2.94. The van der Waals surface area contributed by atoms with Gasteiger partial charge in [0.05, 0.1) is 0 Å². The van der Waals surface area contributed by atoms with Crippen molar-refractivity contribution in [3.05, 3.63) is 10.2 Å². The van der Waals surface area contributed by atoms with Gasteiger partial charge in [-0.05, 0) is 0 Å². The summed E-state index contributed by atoms with van der Waals surface area (Å²) in [5.41, 5.74) is 0. The fourth-order valence-corrected chi connectivity index (χ4v) is 2.04. The first kappa shape index (κ1) is 7.48. The van der Waals surface area contributed by atoms with Gasteiger partial charge in [-0.3, -0.25) is 0 Å². The molecule has 0 aliphatic carbocycles. The van der Waals surface area contributed by atoms with Gasteiger partial charge in [-0.15, -0.1) is 0 Å². The Morgan fingerprint density at radius 2 is 2.33 bits per heavy atom. The van der Waals surface area contributed by atoms with E-state index in [2.05, 4.69) is 0 Å². The average Bonchev–Trinajstić information content (AvgIpc) is 1.61. The molecule has 0 radical (unpaired) electrons. The molecule has 0 aliphatic heterocycles. The maximum atomic E-state index is 5.40. The second-order valence-electron chi connectivity index (χ2n) is 0.554. The van der Waals surface area contributed by atoms with Crippen molar-refractivity contribution in [1.29, 1.82) is 0 Å². The van der Waals surface area contributed by atoms with Crippen molar-refractivity contribution in [2.75, 3.05) is 0 Å². The Bertz CT molecular complexity index is 59.8. The molecule has 0 aromatic rings. The summed E-state index contributed by atoms with van der Waals surface area (Å²) < 4.78 is 4.01. The molecule has 0 unspecified atom stereocenters. The van der Waals surface area contributed by atoms with E-state index in [1.54, 1.807) is 0 Å². The van der Waals surface area contributed by atoms with Gasteiger partial charge in [0.15, 0.2) is 0 Å². The summed E-state index contributed by atoms with van der Waals surface area (Å²) in [5.74, 6) is 0. The Labute approximate surface area is 64.2 Å². The molecule has 0 aliphatic rings. The third-order valence-corrected chi connectivity index (χ3v) is 2.09. The van der Waals surface area contributed by atoms with Crippen molar-refractivity contribution >= 4 is 54.6 Å². The van der Waals surface area contributed by atoms with Crippen molar-refractivity contribution in [2.45, 2.75) is 0 Å². The molecule has 0 N–H and O–H groups in total. The van der Waals surface area contributed by atoms with Gasteiger partial charge >= 0.3 is 64.8 Å². The van der Waals surface area contributed by atoms with Crippen LogP contribution < -0.4 is 0 Å². The van der Waals surface area contributed by atoms with Crippen LogP contribution in [0.3, 0.4) is 0 Å². The van der Waals surface area contributed by atoms with Crippen LogP contribution in [0.15, 0.2) is 10.2 Å². The van der Waals surface area contributed by atoms with E-state index in [0.29, 0.717) is 0 Å². The number of rotatable bonds is 2. The molecule has 0 heterocycles. The molecule has 0 atom stereocenters. The molecule has 0 bridgehead atoms. The molecule has 6 heavy (non-hydrogen) atoms. The van der Waals surface area contributed by atoms with Crippen LogP contribution in [-0.2, 0) is 0 Å². The van der Waals surface area contributed by atoms with E-state index in [0.717, 1.165) is 0 Å². The first-order valence-corrected chi connectivity index (χ1v) is 6.93. The topological polar surface area (TPSA) is 0 Å². The van der Waals surface area contributed by atoms with Gasteiger partial charge < -0.3 is 0 Å². The number of hydrogen-bond acceptors (Lipinski definition) is 0. The van der Waals surface area contributed by atoms with Crippen LogP contribution >= 0.6 is 8.96 Å². The Morgan fingerprint density at radius 3 is 2.50 bits per heavy atom. The van der Waals surface area contributed by atoms with E-state index >= 15 is 0 Å². The number of hydrogen-bond donors (Lipinski definition) is 0. The maximum absolute atomic E-state index is 5.40. The normalized spacial score (nSPS) is 9.50. The second kappa shape index (κ2) is 6.48. The van der Waals surface area contributed by atoms with Crippen LogP contribution in [0.1, 0.15) is 0 Å². The molecular formula is C3H3ClTe2. The first-order valence-electron chi connectivity index (χ1n) is 1.29. The predicted octanol–water partition coefficient (Wildman–Crippen LogP) is 0.329. The summed E-state index contributed by atoms with van der Waals surface area (Å²) in [5, 5.41) is 0. The van der Waals surface area contributed by atoms with E-state index in [9.17, 15) is 0 Å². The van der Waals surface area contributed by atoms with E-state index in [1.807, 2.05) is 36.1 Å². The second-order valence-corrected chi connectivity index (χ2v) is 3.81. The van der Waals surface area contributed by atoms with Gasteiger partial charge in [0.25, 0.3) is 0 Å². The summed E-state index contributed by atoms with van der Waals surface area (Å²) in [6, 6.07) is 0. The van der Waals surface area contributed by atoms with Crippen LogP contribution in [-0.4, -0.2) is 45.7 Å². The van der Waals surface area contributed by atoms with Crippen molar-refractivity contribution in [1.82, 2.24) is 0 Å². The number of halogens is 1. The standard InChI is InChI=1S/C3H3ClTe2/c4-6-3-1-2-5/h1-3H. The summed E-state index contributed by atoms with van der Waals surface area (Å²) in [7, 11) is 5.40. The van der Waals surface area contributed by atoms with Gasteiger partial charge in [-0.1, -0.05) is 0 Å². The van der Waals surface area contributed by atoms with Gasteiger partial charge in [-0.25, -0.2) is 0 Å². The van der Waals surface area contributed by atoms with Crippen LogP contribution in [0.2, 0.25) is 0 Å². The average molecular weight is 330 g/mol. The van der Waals surface area contributed by atoms with Crippen molar-refractivity contribution in [3.63, 3.8) is 0 Å². The molecule has 0 aromatic heterocycles. The van der Waals surface area contributed by atoms with Crippen molar-refractivity contribution in [2.24, 2.45) is 0 Å². The molecule has 0 spiro atoms. The first-order chi connectivity index (χ1) is 2.91. The monoisotopic (exact) mass is 334 g/mol. The van der Waals surface area contributed by atoms with Crippen LogP contribution in [0.25, 0.3) is 0 Å². The van der Waals surface area contributed by atoms with Gasteiger partial charge in [0.2, 0.25) is 0 Å². The quantitative estimate of drug-likeness (QED) is 0.641. The zero-order valence-corrected chi connectivity index (χ0v) is 8.34. The molecule has 0 fully saturated rings. The molecule has 3 heteroatoms. The van der Waals surface area contributed by atoms with E-state index in [-0.39, 0.29) is 19.8 Å². The predicted molar refractivity (Wildman–Crippen MR) is 32.6 cm³/mol. The molecule has 0 aromatic carbocycles. The fraction of sp³-hybridized carbons (Fsp3) is 0. The SMILES string of the molecule is Cl[Te]C=CC=[Te]. The minimum absolute atomic E-state index is 0.274. The molecule has 0 rings (SSSR count). The van der Waals surface area contributed by atoms with Crippen LogP contribution in [0.4, 0.5) is 0 Å². The summed E-state index contributed by atoms with van der Waals surface area (Å²) >= 11 is 1.65. The van der Waals surface area contributed by atoms with E-state index < -0.39 is 0 Å².